The molecule has 1 atom stereocenters. The average molecular weight is 414 g/mol. The molecule has 4 rings (SSSR count). The molecular formula is C19H16BrN3O3. The lowest BCUT2D eigenvalue weighted by atomic mass is 10.00. The highest BCUT2D eigenvalue weighted by atomic mass is 79.9. The van der Waals surface area contributed by atoms with Crippen LogP contribution in [0.25, 0.3) is 0 Å². The SMILES string of the molecule is Cn1c2c(c(=O)n(C)c1=O)[C@@H](c1ccc(Br)cc1)Nc1ccccc1O2. The second-order valence-electron chi connectivity index (χ2n) is 6.15. The molecule has 1 aromatic heterocycles. The molecule has 0 aliphatic carbocycles. The number of nitrogens with one attached hydrogen (secondary N) is 1. The van der Waals surface area contributed by atoms with E-state index in [4.69, 9.17) is 4.74 Å². The number of anilines is 1. The Bertz CT molecular complexity index is 1120. The Morgan fingerprint density at radius 3 is 2.42 bits per heavy atom. The van der Waals surface area contributed by atoms with Crippen molar-refractivity contribution >= 4 is 21.6 Å². The number of fused-ring (bicyclic) bond motifs is 2. The predicted octanol–water partition coefficient (Wildman–Crippen LogP) is 3.15. The Morgan fingerprint density at radius 2 is 1.69 bits per heavy atom. The van der Waals surface area contributed by atoms with Gasteiger partial charge >= 0.3 is 5.69 Å². The molecule has 1 aliphatic heterocycles. The molecule has 2 heterocycles. The van der Waals surface area contributed by atoms with Gasteiger partial charge in [-0.05, 0) is 29.8 Å². The average Bonchev–Trinajstić information content (AvgIpc) is 2.82. The summed E-state index contributed by atoms with van der Waals surface area (Å²) >= 11 is 3.43. The molecule has 26 heavy (non-hydrogen) atoms. The molecule has 0 radical (unpaired) electrons. The molecule has 0 saturated carbocycles. The zero-order chi connectivity index (χ0) is 18.4. The van der Waals surface area contributed by atoms with Gasteiger partial charge in [0.15, 0.2) is 5.75 Å². The number of hydrogen-bond acceptors (Lipinski definition) is 4. The predicted molar refractivity (Wildman–Crippen MR) is 103 cm³/mol. The van der Waals surface area contributed by atoms with Crippen molar-refractivity contribution in [2.24, 2.45) is 14.1 Å². The minimum Gasteiger partial charge on any atom is -0.438 e. The van der Waals surface area contributed by atoms with Gasteiger partial charge in [-0.2, -0.15) is 0 Å². The van der Waals surface area contributed by atoms with Crippen LogP contribution in [0.3, 0.4) is 0 Å². The normalized spacial score (nSPS) is 15.3. The molecule has 7 heteroatoms. The molecule has 0 spiro atoms. The van der Waals surface area contributed by atoms with E-state index in [-0.39, 0.29) is 11.4 Å². The minimum atomic E-state index is -0.452. The number of ether oxygens (including phenoxy) is 1. The number of benzene rings is 2. The van der Waals surface area contributed by atoms with Gasteiger partial charge < -0.3 is 10.1 Å². The van der Waals surface area contributed by atoms with Crippen LogP contribution in [0.15, 0.2) is 62.6 Å². The Kier molecular flexibility index (Phi) is 3.96. The van der Waals surface area contributed by atoms with Crippen molar-refractivity contribution in [1.82, 2.24) is 9.13 Å². The summed E-state index contributed by atoms with van der Waals surface area (Å²) in [5.74, 6) is 0.820. The van der Waals surface area contributed by atoms with Gasteiger partial charge in [0.25, 0.3) is 5.56 Å². The van der Waals surface area contributed by atoms with E-state index >= 15 is 0 Å². The lowest BCUT2D eigenvalue weighted by Gasteiger charge is -2.20. The first-order valence-electron chi connectivity index (χ1n) is 8.06. The van der Waals surface area contributed by atoms with E-state index in [1.54, 1.807) is 13.1 Å². The number of hydrogen-bond donors (Lipinski definition) is 1. The summed E-state index contributed by atoms with van der Waals surface area (Å²) in [6, 6.07) is 14.7. The van der Waals surface area contributed by atoms with Gasteiger partial charge in [0.2, 0.25) is 5.88 Å². The number of aromatic nitrogens is 2. The third-order valence-corrected chi connectivity index (χ3v) is 5.06. The van der Waals surface area contributed by atoms with Crippen LogP contribution in [0.2, 0.25) is 0 Å². The lowest BCUT2D eigenvalue weighted by molar-refractivity contribution is 0.420. The molecule has 0 fully saturated rings. The zero-order valence-electron chi connectivity index (χ0n) is 14.2. The van der Waals surface area contributed by atoms with Gasteiger partial charge in [0, 0.05) is 18.6 Å². The van der Waals surface area contributed by atoms with Crippen molar-refractivity contribution in [2.45, 2.75) is 6.04 Å². The molecule has 132 valence electrons. The van der Waals surface area contributed by atoms with Gasteiger partial charge in [-0.15, -0.1) is 0 Å². The van der Waals surface area contributed by atoms with Gasteiger partial charge in [0.05, 0.1) is 11.7 Å². The van der Waals surface area contributed by atoms with Crippen molar-refractivity contribution in [3.8, 4) is 11.6 Å². The first kappa shape index (κ1) is 16.7. The van der Waals surface area contributed by atoms with E-state index in [9.17, 15) is 9.59 Å². The van der Waals surface area contributed by atoms with Crippen molar-refractivity contribution in [3.05, 3.63) is 85.0 Å². The Labute approximate surface area is 157 Å². The van der Waals surface area contributed by atoms with E-state index in [2.05, 4.69) is 21.2 Å². The van der Waals surface area contributed by atoms with Crippen molar-refractivity contribution in [1.29, 1.82) is 0 Å². The van der Waals surface area contributed by atoms with Crippen LogP contribution in [0.5, 0.6) is 11.6 Å². The van der Waals surface area contributed by atoms with E-state index in [0.29, 0.717) is 11.3 Å². The maximum Gasteiger partial charge on any atom is 0.333 e. The number of para-hydroxylation sites is 2. The molecule has 1 N–H and O–H groups in total. The van der Waals surface area contributed by atoms with Crippen molar-refractivity contribution in [2.75, 3.05) is 5.32 Å². The minimum absolute atomic E-state index is 0.253. The zero-order valence-corrected chi connectivity index (χ0v) is 15.8. The molecule has 3 aromatic rings. The molecule has 2 aromatic carbocycles. The number of rotatable bonds is 1. The number of halogens is 1. The highest BCUT2D eigenvalue weighted by molar-refractivity contribution is 9.10. The highest BCUT2D eigenvalue weighted by Crippen LogP contribution is 2.40. The quantitative estimate of drug-likeness (QED) is 0.665. The topological polar surface area (TPSA) is 65.3 Å². The van der Waals surface area contributed by atoms with Crippen molar-refractivity contribution in [3.63, 3.8) is 0 Å². The van der Waals surface area contributed by atoms with Crippen LogP contribution in [0, 0.1) is 0 Å². The maximum absolute atomic E-state index is 13.0. The Hall–Kier alpha value is -2.80. The summed E-state index contributed by atoms with van der Waals surface area (Å²) in [5.41, 5.74) is 1.24. The number of nitrogens with zero attached hydrogens (tertiary/aromatic N) is 2. The van der Waals surface area contributed by atoms with Gasteiger partial charge in [0.1, 0.15) is 5.56 Å². The van der Waals surface area contributed by atoms with Crippen LogP contribution in [-0.2, 0) is 14.1 Å². The molecule has 0 saturated heterocycles. The Morgan fingerprint density at radius 1 is 1.00 bits per heavy atom. The Balaban J connectivity index is 2.05. The fraction of sp³-hybridized carbons (Fsp3) is 0.158. The first-order chi connectivity index (χ1) is 12.5. The van der Waals surface area contributed by atoms with E-state index < -0.39 is 11.7 Å². The van der Waals surface area contributed by atoms with Crippen LogP contribution in [0.4, 0.5) is 5.69 Å². The van der Waals surface area contributed by atoms with Gasteiger partial charge in [-0.25, -0.2) is 4.79 Å². The summed E-state index contributed by atoms with van der Waals surface area (Å²) in [6.07, 6.45) is 0. The first-order valence-corrected chi connectivity index (χ1v) is 8.85. The molecule has 0 bridgehead atoms. The lowest BCUT2D eigenvalue weighted by Crippen LogP contribution is -2.40. The van der Waals surface area contributed by atoms with Crippen LogP contribution >= 0.6 is 15.9 Å². The summed E-state index contributed by atoms with van der Waals surface area (Å²) in [6.45, 7) is 0. The smallest absolute Gasteiger partial charge is 0.333 e. The molecule has 1 aliphatic rings. The largest absolute Gasteiger partial charge is 0.438 e. The molecular weight excluding hydrogens is 398 g/mol. The fourth-order valence-corrected chi connectivity index (χ4v) is 3.40. The van der Waals surface area contributed by atoms with Crippen LogP contribution in [0.1, 0.15) is 17.2 Å². The van der Waals surface area contributed by atoms with Crippen LogP contribution < -0.4 is 21.3 Å². The second kappa shape index (κ2) is 6.17. The van der Waals surface area contributed by atoms with E-state index in [0.717, 1.165) is 20.3 Å². The van der Waals surface area contributed by atoms with E-state index in [1.807, 2.05) is 42.5 Å². The standard InChI is InChI=1S/C19H16BrN3O3/c1-22-17(24)15-16(11-7-9-12(20)10-8-11)21-13-5-3-4-6-14(13)26-18(15)23(2)19(22)25/h3-10,16,21H,1-2H3/t16-/m1/s1. The van der Waals surface area contributed by atoms with Gasteiger partial charge in [-0.3, -0.25) is 13.9 Å². The molecule has 6 nitrogen and oxygen atoms in total. The fourth-order valence-electron chi connectivity index (χ4n) is 3.13. The maximum atomic E-state index is 13.0. The second-order valence-corrected chi connectivity index (χ2v) is 7.07. The van der Waals surface area contributed by atoms with Crippen LogP contribution in [-0.4, -0.2) is 9.13 Å². The summed E-state index contributed by atoms with van der Waals surface area (Å²) in [5, 5.41) is 3.40. The third-order valence-electron chi connectivity index (χ3n) is 4.53. The molecule has 0 amide bonds. The van der Waals surface area contributed by atoms with E-state index in [1.165, 1.54) is 11.6 Å². The summed E-state index contributed by atoms with van der Waals surface area (Å²) in [7, 11) is 3.08. The summed E-state index contributed by atoms with van der Waals surface area (Å²) < 4.78 is 9.42. The van der Waals surface area contributed by atoms with Gasteiger partial charge in [-0.1, -0.05) is 40.2 Å². The summed E-state index contributed by atoms with van der Waals surface area (Å²) in [4.78, 5) is 25.4. The monoisotopic (exact) mass is 413 g/mol. The molecule has 0 unspecified atom stereocenters. The highest BCUT2D eigenvalue weighted by Gasteiger charge is 2.30. The third kappa shape index (κ3) is 2.55. The van der Waals surface area contributed by atoms with Crippen molar-refractivity contribution < 1.29 is 4.74 Å².